The van der Waals surface area contributed by atoms with Crippen molar-refractivity contribution in [3.8, 4) is 0 Å². The summed E-state index contributed by atoms with van der Waals surface area (Å²) in [5.41, 5.74) is 0.888. The van der Waals surface area contributed by atoms with E-state index in [1.165, 1.54) is 6.07 Å². The summed E-state index contributed by atoms with van der Waals surface area (Å²) in [5.74, 6) is -1.29. The second-order valence-corrected chi connectivity index (χ2v) is 5.31. The van der Waals surface area contributed by atoms with Gasteiger partial charge in [-0.25, -0.2) is 9.59 Å². The number of anilines is 1. The van der Waals surface area contributed by atoms with E-state index in [1.807, 2.05) is 37.3 Å². The normalized spacial score (nSPS) is 10.9. The van der Waals surface area contributed by atoms with Crippen LogP contribution in [0.4, 0.5) is 5.69 Å². The predicted molar refractivity (Wildman–Crippen MR) is 84.8 cm³/mol. The monoisotopic (exact) mass is 313 g/mol. The van der Waals surface area contributed by atoms with Crippen LogP contribution in [0.5, 0.6) is 0 Å². The Labute approximate surface area is 131 Å². The van der Waals surface area contributed by atoms with Gasteiger partial charge in [-0.3, -0.25) is 4.68 Å². The summed E-state index contributed by atoms with van der Waals surface area (Å²) in [6.45, 7) is 0.601. The number of rotatable bonds is 4. The molecule has 7 nitrogen and oxygen atoms in total. The lowest BCUT2D eigenvalue weighted by Crippen LogP contribution is -2.17. The van der Waals surface area contributed by atoms with Gasteiger partial charge in [0, 0.05) is 37.4 Å². The average molecular weight is 313 g/mol. The molecular weight excluding hydrogens is 298 g/mol. The summed E-state index contributed by atoms with van der Waals surface area (Å²) in [6.07, 6.45) is 1.87. The Morgan fingerprint density at radius 3 is 2.78 bits per heavy atom. The first-order valence-corrected chi connectivity index (χ1v) is 6.95. The smallest absolute Gasteiger partial charge is 0.351 e. The summed E-state index contributed by atoms with van der Waals surface area (Å²) in [6, 6.07) is 8.54. The van der Waals surface area contributed by atoms with Crippen LogP contribution in [0.3, 0.4) is 0 Å². The van der Waals surface area contributed by atoms with Crippen LogP contribution >= 0.6 is 0 Å². The molecule has 118 valence electrons. The molecule has 0 fully saturated rings. The molecule has 23 heavy (non-hydrogen) atoms. The van der Waals surface area contributed by atoms with Gasteiger partial charge in [-0.1, -0.05) is 0 Å². The molecule has 0 aliphatic rings. The first-order chi connectivity index (χ1) is 10.9. The summed E-state index contributed by atoms with van der Waals surface area (Å²) in [7, 11) is 3.76. The van der Waals surface area contributed by atoms with E-state index in [0.29, 0.717) is 17.5 Å². The Balaban J connectivity index is 1.94. The van der Waals surface area contributed by atoms with Crippen molar-refractivity contribution in [2.24, 2.45) is 7.05 Å². The molecule has 0 spiro atoms. The number of aryl methyl sites for hydroxylation is 1. The third-order valence-electron chi connectivity index (χ3n) is 3.56. The van der Waals surface area contributed by atoms with E-state index >= 15 is 0 Å². The zero-order valence-electron chi connectivity index (χ0n) is 12.7. The molecule has 0 aliphatic carbocycles. The Morgan fingerprint density at radius 1 is 1.35 bits per heavy atom. The quantitative estimate of drug-likeness (QED) is 0.740. The highest BCUT2D eigenvalue weighted by Gasteiger charge is 2.13. The average Bonchev–Trinajstić information content (AvgIpc) is 2.90. The van der Waals surface area contributed by atoms with Gasteiger partial charge in [0.1, 0.15) is 11.1 Å². The van der Waals surface area contributed by atoms with Gasteiger partial charge in [0.05, 0.1) is 12.2 Å². The highest BCUT2D eigenvalue weighted by Crippen LogP contribution is 2.22. The SMILES string of the molecule is CN(Cc1ccn(C)n1)c1ccc2cc(C(=O)O)c(=O)oc2c1. The second-order valence-electron chi connectivity index (χ2n) is 5.31. The second kappa shape index (κ2) is 5.60. The van der Waals surface area contributed by atoms with Crippen molar-refractivity contribution in [2.45, 2.75) is 6.54 Å². The molecule has 7 heteroatoms. The minimum atomic E-state index is -1.29. The first kappa shape index (κ1) is 14.8. The van der Waals surface area contributed by atoms with Gasteiger partial charge >= 0.3 is 11.6 Å². The third-order valence-corrected chi connectivity index (χ3v) is 3.56. The van der Waals surface area contributed by atoms with E-state index in [9.17, 15) is 9.59 Å². The number of hydrogen-bond acceptors (Lipinski definition) is 5. The predicted octanol–water partition coefficient (Wildman–Crippen LogP) is 1.86. The lowest BCUT2D eigenvalue weighted by atomic mass is 10.1. The summed E-state index contributed by atoms with van der Waals surface area (Å²) in [5, 5.41) is 13.8. The van der Waals surface area contributed by atoms with Crippen LogP contribution in [0.1, 0.15) is 16.1 Å². The maximum absolute atomic E-state index is 11.7. The number of benzene rings is 1. The fourth-order valence-electron chi connectivity index (χ4n) is 2.37. The summed E-state index contributed by atoms with van der Waals surface area (Å²) < 4.78 is 6.85. The lowest BCUT2D eigenvalue weighted by molar-refractivity contribution is 0.0692. The van der Waals surface area contributed by atoms with Crippen LogP contribution in [0, 0.1) is 0 Å². The van der Waals surface area contributed by atoms with Crippen LogP contribution in [0.2, 0.25) is 0 Å². The molecule has 0 saturated heterocycles. The van der Waals surface area contributed by atoms with Gasteiger partial charge in [-0.15, -0.1) is 0 Å². The van der Waals surface area contributed by atoms with E-state index < -0.39 is 11.6 Å². The standard InChI is InChI=1S/C16H15N3O4/c1-18(9-11-5-6-19(2)17-11)12-4-3-10-7-13(15(20)21)16(22)23-14(10)8-12/h3-8H,9H2,1-2H3,(H,20,21). The van der Waals surface area contributed by atoms with Crippen molar-refractivity contribution in [1.29, 1.82) is 0 Å². The van der Waals surface area contributed by atoms with Crippen molar-refractivity contribution < 1.29 is 14.3 Å². The molecule has 0 unspecified atom stereocenters. The first-order valence-electron chi connectivity index (χ1n) is 6.95. The number of hydrogen-bond donors (Lipinski definition) is 1. The molecule has 0 bridgehead atoms. The van der Waals surface area contributed by atoms with E-state index in [2.05, 4.69) is 5.10 Å². The van der Waals surface area contributed by atoms with Gasteiger partial charge in [-0.05, 0) is 24.3 Å². The van der Waals surface area contributed by atoms with Crippen molar-refractivity contribution in [3.05, 3.63) is 58.2 Å². The molecule has 3 aromatic rings. The number of carboxylic acid groups (broad SMARTS) is 1. The molecule has 0 atom stereocenters. The van der Waals surface area contributed by atoms with E-state index in [4.69, 9.17) is 9.52 Å². The third kappa shape index (κ3) is 2.94. The van der Waals surface area contributed by atoms with Crippen molar-refractivity contribution in [1.82, 2.24) is 9.78 Å². The Bertz CT molecular complexity index is 942. The largest absolute Gasteiger partial charge is 0.477 e. The number of aromatic carboxylic acids is 1. The van der Waals surface area contributed by atoms with Crippen molar-refractivity contribution in [3.63, 3.8) is 0 Å². The summed E-state index contributed by atoms with van der Waals surface area (Å²) >= 11 is 0. The molecule has 1 aromatic carbocycles. The fraction of sp³-hybridized carbons (Fsp3) is 0.188. The molecule has 1 N–H and O–H groups in total. The highest BCUT2D eigenvalue weighted by atomic mass is 16.4. The van der Waals surface area contributed by atoms with Gasteiger partial charge in [0.25, 0.3) is 0 Å². The number of nitrogens with zero attached hydrogens (tertiary/aromatic N) is 3. The van der Waals surface area contributed by atoms with Gasteiger partial charge in [-0.2, -0.15) is 5.10 Å². The van der Waals surface area contributed by atoms with Crippen molar-refractivity contribution >= 4 is 22.6 Å². The topological polar surface area (TPSA) is 88.6 Å². The van der Waals surface area contributed by atoms with E-state index in [0.717, 1.165) is 11.4 Å². The van der Waals surface area contributed by atoms with Crippen molar-refractivity contribution in [2.75, 3.05) is 11.9 Å². The van der Waals surface area contributed by atoms with Crippen LogP contribution < -0.4 is 10.5 Å². The number of carboxylic acids is 1. The van der Waals surface area contributed by atoms with Crippen LogP contribution in [0.25, 0.3) is 11.0 Å². The highest BCUT2D eigenvalue weighted by molar-refractivity contribution is 5.92. The van der Waals surface area contributed by atoms with Crippen LogP contribution in [0.15, 0.2) is 45.7 Å². The van der Waals surface area contributed by atoms with Gasteiger partial charge < -0.3 is 14.4 Å². The molecule has 0 amide bonds. The number of carbonyl (C=O) groups is 1. The maximum Gasteiger partial charge on any atom is 0.351 e. The molecular formula is C16H15N3O4. The minimum absolute atomic E-state index is 0.352. The van der Waals surface area contributed by atoms with E-state index in [-0.39, 0.29) is 5.56 Å². The number of aromatic nitrogens is 2. The maximum atomic E-state index is 11.7. The van der Waals surface area contributed by atoms with Crippen LogP contribution in [-0.4, -0.2) is 27.9 Å². The zero-order chi connectivity index (χ0) is 16.6. The fourth-order valence-corrected chi connectivity index (χ4v) is 2.37. The Morgan fingerprint density at radius 2 is 2.13 bits per heavy atom. The Hall–Kier alpha value is -3.09. The van der Waals surface area contributed by atoms with Crippen LogP contribution in [-0.2, 0) is 13.6 Å². The lowest BCUT2D eigenvalue weighted by Gasteiger charge is -2.18. The molecule has 0 aliphatic heterocycles. The summed E-state index contributed by atoms with van der Waals surface area (Å²) in [4.78, 5) is 24.6. The Kier molecular flexibility index (Phi) is 3.61. The molecule has 2 aromatic heterocycles. The van der Waals surface area contributed by atoms with Gasteiger partial charge in [0.2, 0.25) is 0 Å². The number of fused-ring (bicyclic) bond motifs is 1. The molecule has 3 rings (SSSR count). The van der Waals surface area contributed by atoms with E-state index in [1.54, 1.807) is 16.8 Å². The molecule has 0 radical (unpaired) electrons. The minimum Gasteiger partial charge on any atom is -0.477 e. The zero-order valence-corrected chi connectivity index (χ0v) is 12.7. The van der Waals surface area contributed by atoms with Gasteiger partial charge in [0.15, 0.2) is 0 Å². The molecule has 0 saturated carbocycles. The molecule has 2 heterocycles.